The van der Waals surface area contributed by atoms with Crippen molar-refractivity contribution in [3.05, 3.63) is 35.6 Å². The van der Waals surface area contributed by atoms with E-state index in [9.17, 15) is 9.18 Å². The Kier molecular flexibility index (Phi) is 7.13. The number of nitrogens with two attached hydrogens (primary N) is 1. The number of likely N-dealkylation sites (tertiary alicyclic amines) is 1. The molecule has 1 aromatic rings. The summed E-state index contributed by atoms with van der Waals surface area (Å²) >= 11 is 0. The maximum atomic E-state index is 12.8. The highest BCUT2D eigenvalue weighted by Crippen LogP contribution is 2.16. The van der Waals surface area contributed by atoms with Gasteiger partial charge in [-0.3, -0.25) is 4.79 Å². The van der Waals surface area contributed by atoms with Gasteiger partial charge in [0.05, 0.1) is 0 Å². The van der Waals surface area contributed by atoms with E-state index in [-0.39, 0.29) is 24.0 Å². The SMILES string of the molecule is Cl.NCC1CCN(CCC(=O)c2ccc(F)cc2)CC1. The van der Waals surface area contributed by atoms with E-state index in [2.05, 4.69) is 4.90 Å². The van der Waals surface area contributed by atoms with Gasteiger partial charge >= 0.3 is 0 Å². The molecule has 3 nitrogen and oxygen atoms in total. The molecule has 2 N–H and O–H groups in total. The van der Waals surface area contributed by atoms with Gasteiger partial charge in [0, 0.05) is 18.5 Å². The van der Waals surface area contributed by atoms with Crippen LogP contribution in [-0.2, 0) is 0 Å². The van der Waals surface area contributed by atoms with Gasteiger partial charge < -0.3 is 10.6 Å². The maximum absolute atomic E-state index is 12.8. The fourth-order valence-electron chi connectivity index (χ4n) is 2.49. The summed E-state index contributed by atoms with van der Waals surface area (Å²) < 4.78 is 12.8. The van der Waals surface area contributed by atoms with Gasteiger partial charge in [-0.1, -0.05) is 0 Å². The first kappa shape index (κ1) is 17.1. The average molecular weight is 301 g/mol. The summed E-state index contributed by atoms with van der Waals surface area (Å²) in [6.07, 6.45) is 2.75. The van der Waals surface area contributed by atoms with Crippen LogP contribution in [0.2, 0.25) is 0 Å². The summed E-state index contributed by atoms with van der Waals surface area (Å²) in [5, 5.41) is 0. The zero-order valence-electron chi connectivity index (χ0n) is 11.6. The predicted octanol–water partition coefficient (Wildman–Crippen LogP) is 2.49. The van der Waals surface area contributed by atoms with Crippen molar-refractivity contribution in [2.24, 2.45) is 11.7 Å². The molecule has 1 heterocycles. The predicted molar refractivity (Wildman–Crippen MR) is 80.8 cm³/mol. The van der Waals surface area contributed by atoms with Gasteiger partial charge in [0.1, 0.15) is 5.82 Å². The van der Waals surface area contributed by atoms with Gasteiger partial charge in [0.2, 0.25) is 0 Å². The number of rotatable bonds is 5. The van der Waals surface area contributed by atoms with Crippen LogP contribution in [0.5, 0.6) is 0 Å². The average Bonchev–Trinajstić information content (AvgIpc) is 2.46. The quantitative estimate of drug-likeness (QED) is 0.850. The fraction of sp³-hybridized carbons (Fsp3) is 0.533. The topological polar surface area (TPSA) is 46.3 Å². The lowest BCUT2D eigenvalue weighted by Crippen LogP contribution is -2.37. The van der Waals surface area contributed by atoms with Crippen molar-refractivity contribution in [1.29, 1.82) is 0 Å². The first-order valence-corrected chi connectivity index (χ1v) is 6.90. The minimum absolute atomic E-state index is 0. The number of carbonyl (C=O) groups is 1. The second-order valence-electron chi connectivity index (χ2n) is 5.20. The minimum atomic E-state index is -0.305. The van der Waals surface area contributed by atoms with Crippen molar-refractivity contribution in [3.63, 3.8) is 0 Å². The largest absolute Gasteiger partial charge is 0.330 e. The molecule has 0 saturated carbocycles. The fourth-order valence-corrected chi connectivity index (χ4v) is 2.49. The van der Waals surface area contributed by atoms with Crippen LogP contribution in [0.25, 0.3) is 0 Å². The Balaban J connectivity index is 0.00000200. The standard InChI is InChI=1S/C15H21FN2O.ClH/c16-14-3-1-13(2-4-14)15(19)7-10-18-8-5-12(11-17)6-9-18;/h1-4,12H,5-11,17H2;1H. The van der Waals surface area contributed by atoms with Gasteiger partial charge in [-0.15, -0.1) is 12.4 Å². The summed E-state index contributed by atoms with van der Waals surface area (Å²) in [7, 11) is 0. The van der Waals surface area contributed by atoms with Crippen molar-refractivity contribution in [3.8, 4) is 0 Å². The Labute approximate surface area is 125 Å². The zero-order chi connectivity index (χ0) is 13.7. The van der Waals surface area contributed by atoms with E-state index in [0.717, 1.165) is 39.0 Å². The van der Waals surface area contributed by atoms with Gasteiger partial charge in [-0.25, -0.2) is 4.39 Å². The molecule has 0 amide bonds. The lowest BCUT2D eigenvalue weighted by atomic mass is 9.97. The lowest BCUT2D eigenvalue weighted by molar-refractivity contribution is 0.0951. The van der Waals surface area contributed by atoms with Crippen LogP contribution in [0.15, 0.2) is 24.3 Å². The molecule has 1 saturated heterocycles. The second-order valence-corrected chi connectivity index (χ2v) is 5.20. The number of carbonyl (C=O) groups excluding carboxylic acids is 1. The summed E-state index contributed by atoms with van der Waals surface area (Å²) in [4.78, 5) is 14.3. The molecule has 0 aromatic heterocycles. The van der Waals surface area contributed by atoms with Crippen LogP contribution in [0.1, 0.15) is 29.6 Å². The Morgan fingerprint density at radius 2 is 1.85 bits per heavy atom. The molecule has 1 fully saturated rings. The summed E-state index contributed by atoms with van der Waals surface area (Å²) in [6, 6.07) is 5.77. The molecule has 1 aliphatic heterocycles. The zero-order valence-corrected chi connectivity index (χ0v) is 12.4. The maximum Gasteiger partial charge on any atom is 0.164 e. The third-order valence-corrected chi connectivity index (χ3v) is 3.86. The van der Waals surface area contributed by atoms with E-state index in [1.54, 1.807) is 12.1 Å². The molecule has 20 heavy (non-hydrogen) atoms. The Hall–Kier alpha value is -0.970. The third kappa shape index (κ3) is 4.85. The van der Waals surface area contributed by atoms with Crippen LogP contribution >= 0.6 is 12.4 Å². The Morgan fingerprint density at radius 3 is 2.40 bits per heavy atom. The van der Waals surface area contributed by atoms with E-state index >= 15 is 0 Å². The first-order chi connectivity index (χ1) is 9.19. The Morgan fingerprint density at radius 1 is 1.25 bits per heavy atom. The smallest absolute Gasteiger partial charge is 0.164 e. The minimum Gasteiger partial charge on any atom is -0.330 e. The molecule has 1 aromatic carbocycles. The van der Waals surface area contributed by atoms with E-state index in [1.165, 1.54) is 12.1 Å². The van der Waals surface area contributed by atoms with Crippen LogP contribution in [0.4, 0.5) is 4.39 Å². The van der Waals surface area contributed by atoms with Crippen LogP contribution in [0, 0.1) is 11.7 Å². The molecule has 112 valence electrons. The number of hydrogen-bond donors (Lipinski definition) is 1. The number of benzene rings is 1. The number of ketones is 1. The molecular formula is C15H22ClFN2O. The van der Waals surface area contributed by atoms with E-state index in [4.69, 9.17) is 5.73 Å². The molecule has 0 spiro atoms. The summed E-state index contributed by atoms with van der Waals surface area (Å²) in [6.45, 7) is 3.60. The first-order valence-electron chi connectivity index (χ1n) is 6.90. The molecule has 1 aliphatic rings. The van der Waals surface area contributed by atoms with Crippen molar-refractivity contribution in [1.82, 2.24) is 4.90 Å². The molecule has 5 heteroatoms. The molecule has 0 radical (unpaired) electrons. The van der Waals surface area contributed by atoms with E-state index in [0.29, 0.717) is 17.9 Å². The van der Waals surface area contributed by atoms with Crippen LogP contribution < -0.4 is 5.73 Å². The molecule has 0 atom stereocenters. The number of Topliss-reactive ketones (excluding diaryl/α,β-unsaturated/α-hetero) is 1. The molecule has 0 aliphatic carbocycles. The number of nitrogens with zero attached hydrogens (tertiary/aromatic N) is 1. The van der Waals surface area contributed by atoms with E-state index < -0.39 is 0 Å². The van der Waals surface area contributed by atoms with Crippen LogP contribution in [0.3, 0.4) is 0 Å². The third-order valence-electron chi connectivity index (χ3n) is 3.86. The second kappa shape index (κ2) is 8.35. The van der Waals surface area contributed by atoms with Gasteiger partial charge in [0.15, 0.2) is 5.78 Å². The summed E-state index contributed by atoms with van der Waals surface area (Å²) in [5.74, 6) is 0.422. The van der Waals surface area contributed by atoms with Crippen molar-refractivity contribution >= 4 is 18.2 Å². The summed E-state index contributed by atoms with van der Waals surface area (Å²) in [5.41, 5.74) is 6.25. The molecule has 2 rings (SSSR count). The lowest BCUT2D eigenvalue weighted by Gasteiger charge is -2.31. The molecule has 0 unspecified atom stereocenters. The van der Waals surface area contributed by atoms with E-state index in [1.807, 2.05) is 0 Å². The molecular weight excluding hydrogens is 279 g/mol. The normalized spacial score (nSPS) is 16.7. The van der Waals surface area contributed by atoms with Gasteiger partial charge in [-0.2, -0.15) is 0 Å². The van der Waals surface area contributed by atoms with Crippen molar-refractivity contribution < 1.29 is 9.18 Å². The van der Waals surface area contributed by atoms with Crippen molar-refractivity contribution in [2.45, 2.75) is 19.3 Å². The number of halogens is 2. The van der Waals surface area contributed by atoms with Gasteiger partial charge in [-0.05, 0) is 62.7 Å². The highest BCUT2D eigenvalue weighted by molar-refractivity contribution is 5.96. The van der Waals surface area contributed by atoms with Crippen LogP contribution in [-0.4, -0.2) is 36.9 Å². The monoisotopic (exact) mass is 300 g/mol. The molecule has 0 bridgehead atoms. The number of hydrogen-bond acceptors (Lipinski definition) is 3. The Bertz CT molecular complexity index is 416. The highest BCUT2D eigenvalue weighted by Gasteiger charge is 2.18. The number of piperidine rings is 1. The highest BCUT2D eigenvalue weighted by atomic mass is 35.5. The van der Waals surface area contributed by atoms with Gasteiger partial charge in [0.25, 0.3) is 0 Å². The van der Waals surface area contributed by atoms with Crippen molar-refractivity contribution in [2.75, 3.05) is 26.2 Å².